The van der Waals surface area contributed by atoms with Crippen molar-refractivity contribution in [3.63, 3.8) is 0 Å². The molecule has 98 valence electrons. The number of hydrogen-bond donors (Lipinski definition) is 0. The molecule has 0 saturated heterocycles. The molecule has 0 spiro atoms. The monoisotopic (exact) mass is 269 g/mol. The molecule has 0 N–H and O–H groups in total. The predicted molar refractivity (Wildman–Crippen MR) is 85.9 cm³/mol. The standard InChI is InChI=1S/C10H11NS.C7H8/c1-11-7-10(12-2)8-5-3-4-6-9(8)11;1-7-5-3-2-4-6-7/h3-7H,1-2H3;2-6H,1H3. The highest BCUT2D eigenvalue weighted by molar-refractivity contribution is 7.98. The van der Waals surface area contributed by atoms with Crippen molar-refractivity contribution in [2.45, 2.75) is 11.8 Å². The zero-order valence-corrected chi connectivity index (χ0v) is 12.4. The highest BCUT2D eigenvalue weighted by Gasteiger charge is 2.02. The molecule has 0 amide bonds. The predicted octanol–water partition coefficient (Wildman–Crippen LogP) is 4.90. The van der Waals surface area contributed by atoms with E-state index >= 15 is 0 Å². The summed E-state index contributed by atoms with van der Waals surface area (Å²) in [4.78, 5) is 1.35. The van der Waals surface area contributed by atoms with Gasteiger partial charge in [0.25, 0.3) is 0 Å². The molecule has 2 aromatic carbocycles. The first-order chi connectivity index (χ1) is 9.22. The molecule has 0 bridgehead atoms. The topological polar surface area (TPSA) is 4.93 Å². The number of fused-ring (bicyclic) bond motifs is 1. The van der Waals surface area contributed by atoms with Gasteiger partial charge in [-0.25, -0.2) is 0 Å². The van der Waals surface area contributed by atoms with E-state index in [2.05, 4.69) is 67.4 Å². The molecule has 0 saturated carbocycles. The Hall–Kier alpha value is -1.67. The van der Waals surface area contributed by atoms with Gasteiger partial charge in [0, 0.05) is 29.0 Å². The smallest absolute Gasteiger partial charge is 0.0489 e. The van der Waals surface area contributed by atoms with Crippen molar-refractivity contribution in [3.05, 3.63) is 66.4 Å². The molecule has 1 aromatic heterocycles. The summed E-state index contributed by atoms with van der Waals surface area (Å²) in [5.74, 6) is 0. The summed E-state index contributed by atoms with van der Waals surface area (Å²) < 4.78 is 2.17. The third-order valence-electron chi connectivity index (χ3n) is 3.02. The molecule has 0 aliphatic carbocycles. The fraction of sp³-hybridized carbons (Fsp3) is 0.176. The van der Waals surface area contributed by atoms with Gasteiger partial charge in [-0.05, 0) is 19.2 Å². The van der Waals surface area contributed by atoms with Crippen LogP contribution in [-0.4, -0.2) is 10.8 Å². The Kier molecular flexibility index (Phi) is 4.69. The quantitative estimate of drug-likeness (QED) is 0.569. The summed E-state index contributed by atoms with van der Waals surface area (Å²) in [6.07, 6.45) is 4.29. The lowest BCUT2D eigenvalue weighted by Crippen LogP contribution is -1.81. The molecule has 0 radical (unpaired) electrons. The van der Waals surface area contributed by atoms with Gasteiger partial charge in [-0.2, -0.15) is 0 Å². The lowest BCUT2D eigenvalue weighted by atomic mass is 10.2. The summed E-state index contributed by atoms with van der Waals surface area (Å²) in [7, 11) is 2.09. The van der Waals surface area contributed by atoms with E-state index in [1.807, 2.05) is 18.2 Å². The number of thioether (sulfide) groups is 1. The fourth-order valence-corrected chi connectivity index (χ4v) is 2.66. The van der Waals surface area contributed by atoms with Crippen LogP contribution >= 0.6 is 11.8 Å². The molecule has 3 rings (SSSR count). The van der Waals surface area contributed by atoms with E-state index in [1.54, 1.807) is 11.8 Å². The maximum absolute atomic E-state index is 2.18. The first-order valence-electron chi connectivity index (χ1n) is 6.32. The molecule has 0 atom stereocenters. The summed E-state index contributed by atoms with van der Waals surface area (Å²) in [6, 6.07) is 18.7. The highest BCUT2D eigenvalue weighted by atomic mass is 32.2. The zero-order valence-electron chi connectivity index (χ0n) is 11.6. The Labute approximate surface area is 119 Å². The van der Waals surface area contributed by atoms with Gasteiger partial charge in [0.15, 0.2) is 0 Å². The number of rotatable bonds is 1. The fourth-order valence-electron chi connectivity index (χ4n) is 2.00. The molecule has 0 aliphatic heterocycles. The summed E-state index contributed by atoms with van der Waals surface area (Å²) >= 11 is 1.80. The number of hydrogen-bond acceptors (Lipinski definition) is 1. The molecule has 2 heteroatoms. The molecule has 1 nitrogen and oxygen atoms in total. The van der Waals surface area contributed by atoms with Gasteiger partial charge in [0.05, 0.1) is 0 Å². The lowest BCUT2D eigenvalue weighted by molar-refractivity contribution is 0.958. The van der Waals surface area contributed by atoms with Crippen molar-refractivity contribution >= 4 is 22.7 Å². The van der Waals surface area contributed by atoms with Crippen molar-refractivity contribution in [2.24, 2.45) is 7.05 Å². The number of benzene rings is 2. The summed E-state index contributed by atoms with van der Waals surface area (Å²) in [5, 5.41) is 1.35. The lowest BCUT2D eigenvalue weighted by Gasteiger charge is -1.92. The van der Waals surface area contributed by atoms with Gasteiger partial charge in [-0.15, -0.1) is 11.8 Å². The maximum atomic E-state index is 2.18. The second-order valence-corrected chi connectivity index (χ2v) is 5.33. The minimum Gasteiger partial charge on any atom is -0.349 e. The van der Waals surface area contributed by atoms with E-state index in [0.717, 1.165) is 0 Å². The Morgan fingerprint density at radius 3 is 2.11 bits per heavy atom. The van der Waals surface area contributed by atoms with Crippen molar-refractivity contribution < 1.29 is 0 Å². The number of aryl methyl sites for hydroxylation is 2. The van der Waals surface area contributed by atoms with Gasteiger partial charge in [-0.3, -0.25) is 0 Å². The third kappa shape index (κ3) is 3.42. The Morgan fingerprint density at radius 2 is 1.53 bits per heavy atom. The van der Waals surface area contributed by atoms with E-state index in [1.165, 1.54) is 21.4 Å². The van der Waals surface area contributed by atoms with Crippen molar-refractivity contribution in [3.8, 4) is 0 Å². The Morgan fingerprint density at radius 1 is 0.895 bits per heavy atom. The van der Waals surface area contributed by atoms with Crippen LogP contribution in [-0.2, 0) is 7.05 Å². The normalized spacial score (nSPS) is 10.1. The second-order valence-electron chi connectivity index (χ2n) is 4.48. The average Bonchev–Trinajstić information content (AvgIpc) is 2.78. The molecule has 0 fully saturated rings. The minimum absolute atomic E-state index is 1.31. The molecule has 1 heterocycles. The van der Waals surface area contributed by atoms with Gasteiger partial charge in [0.1, 0.15) is 0 Å². The molecule has 0 unspecified atom stereocenters. The van der Waals surface area contributed by atoms with Crippen LogP contribution in [0.3, 0.4) is 0 Å². The van der Waals surface area contributed by atoms with Crippen LogP contribution in [0.1, 0.15) is 5.56 Å². The van der Waals surface area contributed by atoms with Crippen LogP contribution in [0.2, 0.25) is 0 Å². The molecule has 3 aromatic rings. The second kappa shape index (κ2) is 6.48. The largest absolute Gasteiger partial charge is 0.349 e. The van der Waals surface area contributed by atoms with Crippen LogP contribution < -0.4 is 0 Å². The van der Waals surface area contributed by atoms with Gasteiger partial charge < -0.3 is 4.57 Å². The SMILES string of the molecule is CSc1cn(C)c2ccccc12.Cc1ccccc1. The van der Waals surface area contributed by atoms with E-state index in [0.29, 0.717) is 0 Å². The average molecular weight is 269 g/mol. The maximum Gasteiger partial charge on any atom is 0.0489 e. The van der Waals surface area contributed by atoms with E-state index in [9.17, 15) is 0 Å². The van der Waals surface area contributed by atoms with Gasteiger partial charge in [0.2, 0.25) is 0 Å². The molecule has 0 aliphatic rings. The van der Waals surface area contributed by atoms with E-state index < -0.39 is 0 Å². The van der Waals surface area contributed by atoms with Crippen LogP contribution in [0, 0.1) is 6.92 Å². The Bertz CT molecular complexity index is 641. The van der Waals surface area contributed by atoms with E-state index in [4.69, 9.17) is 0 Å². The van der Waals surface area contributed by atoms with E-state index in [-0.39, 0.29) is 0 Å². The molecular formula is C17H19NS. The van der Waals surface area contributed by atoms with Crippen molar-refractivity contribution in [1.82, 2.24) is 4.57 Å². The summed E-state index contributed by atoms with van der Waals surface area (Å²) in [6.45, 7) is 2.08. The number of aromatic nitrogens is 1. The van der Waals surface area contributed by atoms with Crippen LogP contribution in [0.5, 0.6) is 0 Å². The first kappa shape index (κ1) is 13.8. The molecular weight excluding hydrogens is 250 g/mol. The van der Waals surface area contributed by atoms with Gasteiger partial charge in [-0.1, -0.05) is 54.1 Å². The zero-order chi connectivity index (χ0) is 13.7. The van der Waals surface area contributed by atoms with Crippen LogP contribution in [0.4, 0.5) is 0 Å². The number of para-hydroxylation sites is 1. The molecule has 19 heavy (non-hydrogen) atoms. The number of nitrogens with zero attached hydrogens (tertiary/aromatic N) is 1. The van der Waals surface area contributed by atoms with Crippen LogP contribution in [0.15, 0.2) is 65.7 Å². The highest BCUT2D eigenvalue weighted by Crippen LogP contribution is 2.27. The Balaban J connectivity index is 0.000000163. The minimum atomic E-state index is 1.31. The first-order valence-corrected chi connectivity index (χ1v) is 7.54. The van der Waals surface area contributed by atoms with Crippen molar-refractivity contribution in [1.29, 1.82) is 0 Å². The summed E-state index contributed by atoms with van der Waals surface area (Å²) in [5.41, 5.74) is 2.63. The van der Waals surface area contributed by atoms with Crippen molar-refractivity contribution in [2.75, 3.05) is 6.26 Å². The third-order valence-corrected chi connectivity index (χ3v) is 3.79. The van der Waals surface area contributed by atoms with Crippen LogP contribution in [0.25, 0.3) is 10.9 Å². The van der Waals surface area contributed by atoms with Gasteiger partial charge >= 0.3 is 0 Å².